The van der Waals surface area contributed by atoms with E-state index in [1.807, 2.05) is 25.1 Å². The number of hydrogen-bond acceptors (Lipinski definition) is 2. The van der Waals surface area contributed by atoms with Crippen LogP contribution < -0.4 is 4.72 Å². The van der Waals surface area contributed by atoms with E-state index in [4.69, 9.17) is 0 Å². The normalized spacial score (nSPS) is 11.6. The molecule has 0 aliphatic carbocycles. The second-order valence-corrected chi connectivity index (χ2v) is 8.22. The van der Waals surface area contributed by atoms with Crippen LogP contribution in [-0.2, 0) is 16.4 Å². The summed E-state index contributed by atoms with van der Waals surface area (Å²) in [5.41, 5.74) is 2.29. The van der Waals surface area contributed by atoms with Crippen molar-refractivity contribution in [1.29, 1.82) is 0 Å². The van der Waals surface area contributed by atoms with E-state index in [9.17, 15) is 8.42 Å². The van der Waals surface area contributed by atoms with Crippen molar-refractivity contribution >= 4 is 41.9 Å². The third-order valence-corrected chi connectivity index (χ3v) is 5.92. The Balaban J connectivity index is 2.06. The minimum Gasteiger partial charge on any atom is -0.211 e. The number of benzene rings is 2. The van der Waals surface area contributed by atoms with Gasteiger partial charge in [-0.25, -0.2) is 13.1 Å². The second kappa shape index (κ2) is 7.05. The smallest absolute Gasteiger partial charge is 0.211 e. The Kier molecular flexibility index (Phi) is 5.60. The monoisotopic (exact) mass is 431 g/mol. The van der Waals surface area contributed by atoms with Crippen LogP contribution >= 0.6 is 31.9 Å². The first-order valence-electron chi connectivity index (χ1n) is 6.39. The van der Waals surface area contributed by atoms with Gasteiger partial charge in [-0.05, 0) is 53.0 Å². The van der Waals surface area contributed by atoms with Crippen LogP contribution in [0.4, 0.5) is 0 Å². The van der Waals surface area contributed by atoms with E-state index in [1.54, 1.807) is 18.2 Å². The standard InChI is InChI=1S/C15H15Br2NO2S/c1-11-3-2-4-12(9-11)7-8-18-21(19,20)15-10-13(16)5-6-14(15)17/h2-6,9-10,18H,7-8H2,1H3. The SMILES string of the molecule is Cc1cccc(CCNS(=O)(=O)c2cc(Br)ccc2Br)c1. The third-order valence-electron chi connectivity index (χ3n) is 2.97. The van der Waals surface area contributed by atoms with E-state index in [-0.39, 0.29) is 4.90 Å². The van der Waals surface area contributed by atoms with Gasteiger partial charge in [0.05, 0.1) is 4.90 Å². The summed E-state index contributed by atoms with van der Waals surface area (Å²) < 4.78 is 28.5. The topological polar surface area (TPSA) is 46.2 Å². The summed E-state index contributed by atoms with van der Waals surface area (Å²) >= 11 is 6.56. The Morgan fingerprint density at radius 1 is 1.10 bits per heavy atom. The van der Waals surface area contributed by atoms with Crippen LogP contribution in [0, 0.1) is 6.92 Å². The van der Waals surface area contributed by atoms with Crippen LogP contribution in [0.3, 0.4) is 0 Å². The predicted molar refractivity (Wildman–Crippen MR) is 91.9 cm³/mol. The van der Waals surface area contributed by atoms with E-state index in [0.717, 1.165) is 10.0 Å². The molecule has 0 unspecified atom stereocenters. The van der Waals surface area contributed by atoms with E-state index in [1.165, 1.54) is 5.56 Å². The summed E-state index contributed by atoms with van der Waals surface area (Å²) in [5, 5.41) is 0. The summed E-state index contributed by atoms with van der Waals surface area (Å²) in [4.78, 5) is 0.237. The van der Waals surface area contributed by atoms with Crippen LogP contribution in [0.2, 0.25) is 0 Å². The number of hydrogen-bond donors (Lipinski definition) is 1. The first-order chi connectivity index (χ1) is 9.88. The predicted octanol–water partition coefficient (Wildman–Crippen LogP) is 4.04. The van der Waals surface area contributed by atoms with Crippen molar-refractivity contribution in [2.45, 2.75) is 18.2 Å². The van der Waals surface area contributed by atoms with Crippen LogP contribution in [0.25, 0.3) is 0 Å². The molecule has 2 rings (SSSR count). The van der Waals surface area contributed by atoms with Gasteiger partial charge in [0.25, 0.3) is 0 Å². The molecule has 21 heavy (non-hydrogen) atoms. The first-order valence-corrected chi connectivity index (χ1v) is 9.46. The molecule has 0 spiro atoms. The van der Waals surface area contributed by atoms with E-state index < -0.39 is 10.0 Å². The average Bonchev–Trinajstić information content (AvgIpc) is 2.41. The number of nitrogens with one attached hydrogen (secondary N) is 1. The van der Waals surface area contributed by atoms with Crippen molar-refractivity contribution in [2.75, 3.05) is 6.54 Å². The quantitative estimate of drug-likeness (QED) is 0.774. The van der Waals surface area contributed by atoms with Gasteiger partial charge in [0.15, 0.2) is 0 Å². The van der Waals surface area contributed by atoms with Crippen molar-refractivity contribution < 1.29 is 8.42 Å². The van der Waals surface area contributed by atoms with Crippen molar-refractivity contribution in [3.63, 3.8) is 0 Å². The molecule has 0 amide bonds. The molecule has 0 aliphatic rings. The molecular weight excluding hydrogens is 418 g/mol. The highest BCUT2D eigenvalue weighted by Crippen LogP contribution is 2.25. The molecule has 2 aromatic carbocycles. The molecule has 0 saturated heterocycles. The maximum Gasteiger partial charge on any atom is 0.241 e. The summed E-state index contributed by atoms with van der Waals surface area (Å²) in [6.45, 7) is 2.39. The fourth-order valence-electron chi connectivity index (χ4n) is 1.96. The van der Waals surface area contributed by atoms with Crippen LogP contribution in [0.15, 0.2) is 56.3 Å². The molecule has 0 heterocycles. The number of aryl methyl sites for hydroxylation is 1. The molecule has 0 radical (unpaired) electrons. The van der Waals surface area contributed by atoms with Crippen molar-refractivity contribution in [2.24, 2.45) is 0 Å². The Bertz CT molecular complexity index is 745. The lowest BCUT2D eigenvalue weighted by molar-refractivity contribution is 0.581. The molecule has 0 saturated carbocycles. The highest BCUT2D eigenvalue weighted by Gasteiger charge is 2.17. The van der Waals surface area contributed by atoms with Crippen molar-refractivity contribution in [1.82, 2.24) is 4.72 Å². The van der Waals surface area contributed by atoms with E-state index in [2.05, 4.69) is 42.6 Å². The summed E-state index contributed by atoms with van der Waals surface area (Å²) in [5.74, 6) is 0. The number of sulfonamides is 1. The summed E-state index contributed by atoms with van der Waals surface area (Å²) in [7, 11) is -3.52. The van der Waals surface area contributed by atoms with Gasteiger partial charge in [-0.2, -0.15) is 0 Å². The zero-order valence-electron chi connectivity index (χ0n) is 11.4. The molecule has 2 aromatic rings. The second-order valence-electron chi connectivity index (χ2n) is 4.71. The lowest BCUT2D eigenvalue weighted by Gasteiger charge is -2.09. The van der Waals surface area contributed by atoms with E-state index >= 15 is 0 Å². The van der Waals surface area contributed by atoms with Crippen LogP contribution in [0.5, 0.6) is 0 Å². The molecule has 0 fully saturated rings. The molecule has 3 nitrogen and oxygen atoms in total. The van der Waals surface area contributed by atoms with Crippen LogP contribution in [-0.4, -0.2) is 15.0 Å². The van der Waals surface area contributed by atoms with Gasteiger partial charge in [0, 0.05) is 15.5 Å². The summed E-state index contributed by atoms with van der Waals surface area (Å²) in [6, 6.07) is 13.1. The molecule has 0 aromatic heterocycles. The highest BCUT2D eigenvalue weighted by molar-refractivity contribution is 9.11. The minimum absolute atomic E-state index is 0.237. The Morgan fingerprint density at radius 3 is 2.57 bits per heavy atom. The van der Waals surface area contributed by atoms with Gasteiger partial charge in [0.2, 0.25) is 10.0 Å². The third kappa shape index (κ3) is 4.64. The molecule has 1 N–H and O–H groups in total. The fraction of sp³-hybridized carbons (Fsp3) is 0.200. The average molecular weight is 433 g/mol. The lowest BCUT2D eigenvalue weighted by atomic mass is 10.1. The van der Waals surface area contributed by atoms with Crippen molar-refractivity contribution in [3.8, 4) is 0 Å². The highest BCUT2D eigenvalue weighted by atomic mass is 79.9. The molecule has 112 valence electrons. The fourth-order valence-corrected chi connectivity index (χ4v) is 4.49. The Hall–Kier alpha value is -0.690. The van der Waals surface area contributed by atoms with Gasteiger partial charge in [-0.1, -0.05) is 45.8 Å². The van der Waals surface area contributed by atoms with Gasteiger partial charge in [0.1, 0.15) is 0 Å². The number of rotatable bonds is 5. The van der Waals surface area contributed by atoms with Gasteiger partial charge in [-0.15, -0.1) is 0 Å². The molecule has 0 aliphatic heterocycles. The molecule has 0 atom stereocenters. The zero-order valence-corrected chi connectivity index (χ0v) is 15.4. The lowest BCUT2D eigenvalue weighted by Crippen LogP contribution is -2.26. The van der Waals surface area contributed by atoms with E-state index in [0.29, 0.717) is 17.4 Å². The Morgan fingerprint density at radius 2 is 1.86 bits per heavy atom. The zero-order chi connectivity index (χ0) is 15.5. The molecule has 0 bridgehead atoms. The Labute approximate surface area is 142 Å². The van der Waals surface area contributed by atoms with Gasteiger partial charge in [-0.3, -0.25) is 0 Å². The largest absolute Gasteiger partial charge is 0.241 e. The van der Waals surface area contributed by atoms with Gasteiger partial charge >= 0.3 is 0 Å². The minimum atomic E-state index is -3.52. The first kappa shape index (κ1) is 16.7. The number of halogens is 2. The molecular formula is C15H15Br2NO2S. The van der Waals surface area contributed by atoms with Crippen molar-refractivity contribution in [3.05, 3.63) is 62.5 Å². The van der Waals surface area contributed by atoms with Gasteiger partial charge < -0.3 is 0 Å². The van der Waals surface area contributed by atoms with Crippen LogP contribution in [0.1, 0.15) is 11.1 Å². The molecule has 6 heteroatoms. The maximum absolute atomic E-state index is 12.3. The summed E-state index contributed by atoms with van der Waals surface area (Å²) in [6.07, 6.45) is 0.659. The maximum atomic E-state index is 12.3.